The van der Waals surface area contributed by atoms with Crippen LogP contribution in [0.15, 0.2) is 28.7 Å². The van der Waals surface area contributed by atoms with E-state index in [9.17, 15) is 9.90 Å². The molecule has 1 atom stereocenters. The number of carbonyl (C=O) groups is 1. The highest BCUT2D eigenvalue weighted by Crippen LogP contribution is 2.20. The Bertz CT molecular complexity index is 402. The van der Waals surface area contributed by atoms with Gasteiger partial charge in [-0.1, -0.05) is 28.1 Å². The Kier molecular flexibility index (Phi) is 4.74. The van der Waals surface area contributed by atoms with Gasteiger partial charge in [0.2, 0.25) is 0 Å². The normalized spacial score (nSPS) is 18.5. The molecule has 2 rings (SSSR count). The largest absolute Gasteiger partial charge is 0.481 e. The van der Waals surface area contributed by atoms with E-state index in [1.807, 2.05) is 24.3 Å². The van der Waals surface area contributed by atoms with Crippen LogP contribution in [0.3, 0.4) is 0 Å². The van der Waals surface area contributed by atoms with E-state index in [4.69, 9.17) is 0 Å². The lowest BCUT2D eigenvalue weighted by Gasteiger charge is -2.29. The van der Waals surface area contributed by atoms with Gasteiger partial charge in [-0.25, -0.2) is 0 Å². The van der Waals surface area contributed by atoms with E-state index in [1.165, 1.54) is 0 Å². The SMILES string of the molecule is O=C(O)C(CN1CCNCC1)c1ccc(Br)cc1. The highest BCUT2D eigenvalue weighted by Gasteiger charge is 2.23. The maximum atomic E-state index is 11.4. The van der Waals surface area contributed by atoms with Crippen molar-refractivity contribution in [3.05, 3.63) is 34.3 Å². The van der Waals surface area contributed by atoms with Crippen LogP contribution in [-0.4, -0.2) is 48.7 Å². The summed E-state index contributed by atoms with van der Waals surface area (Å²) in [6, 6.07) is 7.54. The second-order valence-corrected chi connectivity index (χ2v) is 5.41. The van der Waals surface area contributed by atoms with Crippen molar-refractivity contribution in [3.63, 3.8) is 0 Å². The summed E-state index contributed by atoms with van der Waals surface area (Å²) in [6.45, 7) is 4.29. The fourth-order valence-electron chi connectivity index (χ4n) is 2.17. The molecule has 1 fully saturated rings. The summed E-state index contributed by atoms with van der Waals surface area (Å²) >= 11 is 3.36. The Morgan fingerprint density at radius 1 is 1.33 bits per heavy atom. The molecule has 18 heavy (non-hydrogen) atoms. The van der Waals surface area contributed by atoms with Crippen molar-refractivity contribution in [3.8, 4) is 0 Å². The highest BCUT2D eigenvalue weighted by atomic mass is 79.9. The van der Waals surface area contributed by atoms with E-state index in [2.05, 4.69) is 26.1 Å². The predicted octanol–water partition coefficient (Wildman–Crippen LogP) is 1.52. The molecule has 1 aliphatic heterocycles. The zero-order valence-electron chi connectivity index (χ0n) is 10.1. The summed E-state index contributed by atoms with van der Waals surface area (Å²) in [4.78, 5) is 13.6. The van der Waals surface area contributed by atoms with E-state index in [0.29, 0.717) is 6.54 Å². The molecule has 1 saturated heterocycles. The number of halogens is 1. The molecule has 0 spiro atoms. The molecule has 1 aromatic rings. The van der Waals surface area contributed by atoms with Crippen LogP contribution in [0.1, 0.15) is 11.5 Å². The molecule has 0 bridgehead atoms. The Morgan fingerprint density at radius 2 is 1.94 bits per heavy atom. The van der Waals surface area contributed by atoms with Crippen LogP contribution >= 0.6 is 15.9 Å². The van der Waals surface area contributed by atoms with Crippen LogP contribution in [0.5, 0.6) is 0 Å². The maximum Gasteiger partial charge on any atom is 0.312 e. The minimum Gasteiger partial charge on any atom is -0.481 e. The summed E-state index contributed by atoms with van der Waals surface area (Å²) in [5.74, 6) is -1.20. The Hall–Kier alpha value is -0.910. The number of rotatable bonds is 4. The zero-order valence-corrected chi connectivity index (χ0v) is 11.7. The van der Waals surface area contributed by atoms with Crippen molar-refractivity contribution in [1.82, 2.24) is 10.2 Å². The third-order valence-corrected chi connectivity index (χ3v) is 3.75. The van der Waals surface area contributed by atoms with Gasteiger partial charge in [-0.05, 0) is 17.7 Å². The van der Waals surface area contributed by atoms with E-state index in [-0.39, 0.29) is 0 Å². The molecule has 4 nitrogen and oxygen atoms in total. The molecule has 1 aliphatic rings. The number of aliphatic carboxylic acids is 1. The molecular formula is C13H17BrN2O2. The minimum atomic E-state index is -0.754. The lowest BCUT2D eigenvalue weighted by Crippen LogP contribution is -2.45. The van der Waals surface area contributed by atoms with Crippen molar-refractivity contribution in [2.45, 2.75) is 5.92 Å². The third kappa shape index (κ3) is 3.54. The number of carboxylic acids is 1. The second kappa shape index (κ2) is 6.31. The summed E-state index contributed by atoms with van der Waals surface area (Å²) in [5, 5.41) is 12.6. The Labute approximate surface area is 115 Å². The van der Waals surface area contributed by atoms with Crippen molar-refractivity contribution in [2.75, 3.05) is 32.7 Å². The molecular weight excluding hydrogens is 296 g/mol. The first-order valence-electron chi connectivity index (χ1n) is 6.08. The minimum absolute atomic E-state index is 0.448. The average Bonchev–Trinajstić information content (AvgIpc) is 2.38. The second-order valence-electron chi connectivity index (χ2n) is 4.49. The van der Waals surface area contributed by atoms with Gasteiger partial charge in [-0.3, -0.25) is 9.69 Å². The van der Waals surface area contributed by atoms with Gasteiger partial charge >= 0.3 is 5.97 Å². The Balaban J connectivity index is 2.07. The molecule has 5 heteroatoms. The van der Waals surface area contributed by atoms with Crippen LogP contribution in [0.4, 0.5) is 0 Å². The molecule has 1 aromatic carbocycles. The van der Waals surface area contributed by atoms with E-state index in [0.717, 1.165) is 36.2 Å². The molecule has 0 aliphatic carbocycles. The quantitative estimate of drug-likeness (QED) is 0.885. The van der Waals surface area contributed by atoms with Crippen molar-refractivity contribution < 1.29 is 9.90 Å². The smallest absolute Gasteiger partial charge is 0.312 e. The molecule has 98 valence electrons. The summed E-state index contributed by atoms with van der Waals surface area (Å²) in [7, 11) is 0. The van der Waals surface area contributed by atoms with Gasteiger partial charge in [-0.15, -0.1) is 0 Å². The number of nitrogens with one attached hydrogen (secondary N) is 1. The number of hydrogen-bond donors (Lipinski definition) is 2. The topological polar surface area (TPSA) is 52.6 Å². The number of nitrogens with zero attached hydrogens (tertiary/aromatic N) is 1. The van der Waals surface area contributed by atoms with Crippen LogP contribution in [0.2, 0.25) is 0 Å². The summed E-state index contributed by atoms with van der Waals surface area (Å²) < 4.78 is 0.970. The van der Waals surface area contributed by atoms with Crippen molar-refractivity contribution in [1.29, 1.82) is 0 Å². The maximum absolute atomic E-state index is 11.4. The third-order valence-electron chi connectivity index (χ3n) is 3.22. The zero-order chi connectivity index (χ0) is 13.0. The number of hydrogen-bond acceptors (Lipinski definition) is 3. The first kappa shape index (κ1) is 13.5. The van der Waals surface area contributed by atoms with Gasteiger partial charge in [0, 0.05) is 37.2 Å². The fraction of sp³-hybridized carbons (Fsp3) is 0.462. The van der Waals surface area contributed by atoms with Crippen LogP contribution in [0.25, 0.3) is 0 Å². The predicted molar refractivity (Wildman–Crippen MR) is 73.8 cm³/mol. The van der Waals surface area contributed by atoms with Crippen molar-refractivity contribution >= 4 is 21.9 Å². The van der Waals surface area contributed by atoms with Gasteiger partial charge in [-0.2, -0.15) is 0 Å². The Morgan fingerprint density at radius 3 is 2.50 bits per heavy atom. The van der Waals surface area contributed by atoms with Crippen LogP contribution in [0, 0.1) is 0 Å². The van der Waals surface area contributed by atoms with Gasteiger partial charge < -0.3 is 10.4 Å². The average molecular weight is 313 g/mol. The molecule has 0 aromatic heterocycles. The first-order chi connectivity index (χ1) is 8.66. The van der Waals surface area contributed by atoms with Gasteiger partial charge in [0.15, 0.2) is 0 Å². The van der Waals surface area contributed by atoms with Gasteiger partial charge in [0.05, 0.1) is 5.92 Å². The number of carboxylic acid groups (broad SMARTS) is 1. The lowest BCUT2D eigenvalue weighted by atomic mass is 9.98. The standard InChI is InChI=1S/C13H17BrN2O2/c14-11-3-1-10(2-4-11)12(13(17)18)9-16-7-5-15-6-8-16/h1-4,12,15H,5-9H2,(H,17,18). The van der Waals surface area contributed by atoms with Crippen molar-refractivity contribution in [2.24, 2.45) is 0 Å². The van der Waals surface area contributed by atoms with E-state index >= 15 is 0 Å². The lowest BCUT2D eigenvalue weighted by molar-refractivity contribution is -0.139. The fourth-order valence-corrected chi connectivity index (χ4v) is 2.44. The highest BCUT2D eigenvalue weighted by molar-refractivity contribution is 9.10. The molecule has 0 saturated carbocycles. The summed E-state index contributed by atoms with van der Waals surface area (Å²) in [6.07, 6.45) is 0. The number of benzene rings is 1. The van der Waals surface area contributed by atoms with Gasteiger partial charge in [0.1, 0.15) is 0 Å². The van der Waals surface area contributed by atoms with Crippen LogP contribution < -0.4 is 5.32 Å². The number of piperazine rings is 1. The van der Waals surface area contributed by atoms with Gasteiger partial charge in [0.25, 0.3) is 0 Å². The van der Waals surface area contributed by atoms with E-state index < -0.39 is 11.9 Å². The molecule has 1 unspecified atom stereocenters. The first-order valence-corrected chi connectivity index (χ1v) is 6.87. The molecule has 0 radical (unpaired) electrons. The monoisotopic (exact) mass is 312 g/mol. The summed E-state index contributed by atoms with van der Waals surface area (Å²) in [5.41, 5.74) is 0.865. The molecule has 2 N–H and O–H groups in total. The molecule has 1 heterocycles. The van der Waals surface area contributed by atoms with E-state index in [1.54, 1.807) is 0 Å². The van der Waals surface area contributed by atoms with Crippen LogP contribution in [-0.2, 0) is 4.79 Å². The molecule has 0 amide bonds.